The zero-order valence-corrected chi connectivity index (χ0v) is 15.1. The van der Waals surface area contributed by atoms with E-state index >= 15 is 0 Å². The molecule has 0 radical (unpaired) electrons. The first-order valence-electron chi connectivity index (χ1n) is 9.10. The molecule has 0 bridgehead atoms. The summed E-state index contributed by atoms with van der Waals surface area (Å²) in [6, 6.07) is 2.16. The second-order valence-electron chi connectivity index (χ2n) is 6.95. The lowest BCUT2D eigenvalue weighted by molar-refractivity contribution is 0.241. The fourth-order valence-electron chi connectivity index (χ4n) is 3.59. The van der Waals surface area contributed by atoms with Crippen molar-refractivity contribution in [3.8, 4) is 0 Å². The normalized spacial score (nSPS) is 19.0. The van der Waals surface area contributed by atoms with Crippen LogP contribution in [0.4, 0.5) is 11.6 Å². The van der Waals surface area contributed by atoms with Gasteiger partial charge in [-0.3, -0.25) is 4.90 Å². The van der Waals surface area contributed by atoms with Crippen LogP contribution in [0.25, 0.3) is 0 Å². The van der Waals surface area contributed by atoms with E-state index in [2.05, 4.69) is 40.9 Å². The topological polar surface area (TPSA) is 66.2 Å². The third-order valence-electron chi connectivity index (χ3n) is 5.11. The Hall–Kier alpha value is -2.22. The van der Waals surface area contributed by atoms with Crippen LogP contribution >= 0.6 is 0 Å². The molecule has 0 amide bonds. The number of hydrogen-bond donors (Lipinski definition) is 0. The van der Waals surface area contributed by atoms with Crippen LogP contribution in [-0.2, 0) is 13.6 Å². The van der Waals surface area contributed by atoms with Crippen LogP contribution in [0.5, 0.6) is 0 Å². The van der Waals surface area contributed by atoms with E-state index in [1.807, 2.05) is 18.5 Å². The fourth-order valence-corrected chi connectivity index (χ4v) is 3.59. The van der Waals surface area contributed by atoms with Crippen LogP contribution in [0.1, 0.15) is 24.5 Å². The Bertz CT molecular complexity index is 713. The highest BCUT2D eigenvalue weighted by molar-refractivity contribution is 5.51. The number of aryl methyl sites for hydroxylation is 2. The molecule has 2 aliphatic heterocycles. The molecule has 0 unspecified atom stereocenters. The minimum absolute atomic E-state index is 0.853. The van der Waals surface area contributed by atoms with Crippen molar-refractivity contribution >= 4 is 11.6 Å². The quantitative estimate of drug-likeness (QED) is 0.815. The Morgan fingerprint density at radius 3 is 2.16 bits per heavy atom. The molecule has 4 rings (SSSR count). The van der Waals surface area contributed by atoms with Gasteiger partial charge in [0.25, 0.3) is 0 Å². The summed E-state index contributed by atoms with van der Waals surface area (Å²) in [5.74, 6) is 4.03. The summed E-state index contributed by atoms with van der Waals surface area (Å²) in [6.07, 6.45) is 4.29. The molecule has 2 aliphatic rings. The molecule has 2 aromatic rings. The second kappa shape index (κ2) is 6.95. The van der Waals surface area contributed by atoms with E-state index in [1.54, 1.807) is 6.33 Å². The molecule has 134 valence electrons. The van der Waals surface area contributed by atoms with Crippen LogP contribution in [0.2, 0.25) is 0 Å². The van der Waals surface area contributed by atoms with Gasteiger partial charge in [-0.25, -0.2) is 9.97 Å². The molecule has 0 atom stereocenters. The fraction of sp³-hybridized carbons (Fsp3) is 0.647. The first-order chi connectivity index (χ1) is 12.2. The largest absolute Gasteiger partial charge is 0.356 e. The van der Waals surface area contributed by atoms with Crippen molar-refractivity contribution in [2.45, 2.75) is 26.3 Å². The van der Waals surface area contributed by atoms with Crippen molar-refractivity contribution in [2.75, 3.05) is 49.1 Å². The standard InChI is InChI=1S/C17H26N8/c1-14-19-15(24-5-3-4-6-24)11-16(20-14)25-9-7-23(8-10-25)12-17-21-18-13-22(17)2/h11,13H,3-10,12H2,1-2H3. The van der Waals surface area contributed by atoms with E-state index in [9.17, 15) is 0 Å². The lowest BCUT2D eigenvalue weighted by Gasteiger charge is -2.35. The monoisotopic (exact) mass is 342 g/mol. The average molecular weight is 342 g/mol. The molecule has 0 aliphatic carbocycles. The van der Waals surface area contributed by atoms with Gasteiger partial charge in [0.1, 0.15) is 29.6 Å². The van der Waals surface area contributed by atoms with Crippen molar-refractivity contribution in [2.24, 2.45) is 7.05 Å². The van der Waals surface area contributed by atoms with E-state index in [1.165, 1.54) is 12.8 Å². The van der Waals surface area contributed by atoms with Gasteiger partial charge in [0.05, 0.1) is 6.54 Å². The number of nitrogens with zero attached hydrogens (tertiary/aromatic N) is 8. The Kier molecular flexibility index (Phi) is 4.52. The number of rotatable bonds is 4. The average Bonchev–Trinajstić information content (AvgIpc) is 3.28. The molecule has 2 fully saturated rings. The molecular formula is C17H26N8. The van der Waals surface area contributed by atoms with E-state index in [-0.39, 0.29) is 0 Å². The van der Waals surface area contributed by atoms with Gasteiger partial charge in [0.2, 0.25) is 0 Å². The van der Waals surface area contributed by atoms with Crippen LogP contribution < -0.4 is 9.80 Å². The predicted octanol–water partition coefficient (Wildman–Crippen LogP) is 0.836. The smallest absolute Gasteiger partial charge is 0.146 e. The highest BCUT2D eigenvalue weighted by Gasteiger charge is 2.22. The molecule has 8 nitrogen and oxygen atoms in total. The van der Waals surface area contributed by atoms with Gasteiger partial charge >= 0.3 is 0 Å². The van der Waals surface area contributed by atoms with Crippen molar-refractivity contribution < 1.29 is 0 Å². The van der Waals surface area contributed by atoms with Gasteiger partial charge in [-0.1, -0.05) is 0 Å². The summed E-state index contributed by atoms with van der Waals surface area (Å²) in [4.78, 5) is 16.5. The van der Waals surface area contributed by atoms with Crippen molar-refractivity contribution in [1.29, 1.82) is 0 Å². The van der Waals surface area contributed by atoms with E-state index in [0.29, 0.717) is 0 Å². The van der Waals surface area contributed by atoms with Crippen molar-refractivity contribution in [3.05, 3.63) is 24.0 Å². The van der Waals surface area contributed by atoms with Crippen LogP contribution in [-0.4, -0.2) is 68.9 Å². The minimum Gasteiger partial charge on any atom is -0.356 e. The molecule has 0 aromatic carbocycles. The maximum absolute atomic E-state index is 4.69. The zero-order valence-electron chi connectivity index (χ0n) is 15.1. The maximum atomic E-state index is 4.69. The SMILES string of the molecule is Cc1nc(N2CCCC2)cc(N2CCN(Cc3nncn3C)CC2)n1. The van der Waals surface area contributed by atoms with Crippen LogP contribution in [0.3, 0.4) is 0 Å². The van der Waals surface area contributed by atoms with Gasteiger partial charge < -0.3 is 14.4 Å². The number of aromatic nitrogens is 5. The highest BCUT2D eigenvalue weighted by atomic mass is 15.3. The van der Waals surface area contributed by atoms with Crippen LogP contribution in [0, 0.1) is 6.92 Å². The summed E-state index contributed by atoms with van der Waals surface area (Å²) in [5, 5.41) is 8.15. The third kappa shape index (κ3) is 3.58. The molecule has 2 aromatic heterocycles. The Balaban J connectivity index is 1.41. The molecule has 4 heterocycles. The van der Waals surface area contributed by atoms with E-state index in [4.69, 9.17) is 0 Å². The molecular weight excluding hydrogens is 316 g/mol. The molecule has 2 saturated heterocycles. The first-order valence-corrected chi connectivity index (χ1v) is 9.10. The molecule has 0 N–H and O–H groups in total. The van der Waals surface area contributed by atoms with Gasteiger partial charge in [-0.05, 0) is 19.8 Å². The summed E-state index contributed by atoms with van der Waals surface area (Å²) in [6.45, 7) is 9.05. The third-order valence-corrected chi connectivity index (χ3v) is 5.11. The van der Waals surface area contributed by atoms with Gasteiger partial charge in [0.15, 0.2) is 0 Å². The summed E-state index contributed by atoms with van der Waals surface area (Å²) >= 11 is 0. The Morgan fingerprint density at radius 1 is 0.920 bits per heavy atom. The lowest BCUT2D eigenvalue weighted by Crippen LogP contribution is -2.46. The maximum Gasteiger partial charge on any atom is 0.146 e. The van der Waals surface area contributed by atoms with E-state index in [0.717, 1.165) is 69.1 Å². The van der Waals surface area contributed by atoms with Crippen molar-refractivity contribution in [1.82, 2.24) is 29.6 Å². The van der Waals surface area contributed by atoms with Crippen LogP contribution in [0.15, 0.2) is 12.4 Å². The van der Waals surface area contributed by atoms with Crippen molar-refractivity contribution in [3.63, 3.8) is 0 Å². The molecule has 25 heavy (non-hydrogen) atoms. The van der Waals surface area contributed by atoms with Gasteiger partial charge in [0, 0.05) is 52.4 Å². The Morgan fingerprint density at radius 2 is 1.56 bits per heavy atom. The minimum atomic E-state index is 0.853. The summed E-state index contributed by atoms with van der Waals surface area (Å²) < 4.78 is 1.99. The van der Waals surface area contributed by atoms with E-state index < -0.39 is 0 Å². The molecule has 8 heteroatoms. The second-order valence-corrected chi connectivity index (χ2v) is 6.95. The number of piperazine rings is 1. The molecule has 0 saturated carbocycles. The highest BCUT2D eigenvalue weighted by Crippen LogP contribution is 2.23. The lowest BCUT2D eigenvalue weighted by atomic mass is 10.3. The number of anilines is 2. The summed E-state index contributed by atoms with van der Waals surface area (Å²) in [5.41, 5.74) is 0. The summed E-state index contributed by atoms with van der Waals surface area (Å²) in [7, 11) is 2.00. The first kappa shape index (κ1) is 16.3. The van der Waals surface area contributed by atoms with Gasteiger partial charge in [-0.2, -0.15) is 0 Å². The zero-order chi connectivity index (χ0) is 17.2. The number of hydrogen-bond acceptors (Lipinski definition) is 7. The Labute approximate surface area is 148 Å². The van der Waals surface area contributed by atoms with Gasteiger partial charge in [-0.15, -0.1) is 10.2 Å². The predicted molar refractivity (Wildman–Crippen MR) is 96.7 cm³/mol. The molecule has 0 spiro atoms.